The maximum atomic E-state index is 12.7. The molecule has 0 saturated carbocycles. The van der Waals surface area contributed by atoms with Gasteiger partial charge < -0.3 is 10.1 Å². The van der Waals surface area contributed by atoms with Crippen LogP contribution in [-0.4, -0.2) is 45.5 Å². The molecule has 0 aromatic heterocycles. The summed E-state index contributed by atoms with van der Waals surface area (Å²) < 4.78 is 31.8. The third-order valence-electron chi connectivity index (χ3n) is 3.23. The van der Waals surface area contributed by atoms with Gasteiger partial charge in [0, 0.05) is 31.7 Å². The van der Waals surface area contributed by atoms with Crippen LogP contribution >= 0.6 is 35.6 Å². The van der Waals surface area contributed by atoms with Crippen molar-refractivity contribution in [2.45, 2.75) is 17.9 Å². The third-order valence-corrected chi connectivity index (χ3v) is 6.01. The minimum atomic E-state index is -3.67. The molecule has 1 aliphatic rings. The molecule has 1 aromatic rings. The van der Waals surface area contributed by atoms with Crippen LogP contribution in [0, 0.1) is 0 Å². The van der Waals surface area contributed by atoms with E-state index in [2.05, 4.69) is 5.32 Å². The largest absolute Gasteiger partial charge is 0.495 e. The zero-order valence-corrected chi connectivity index (χ0v) is 14.7. The van der Waals surface area contributed by atoms with Gasteiger partial charge in [-0.05, 0) is 13.0 Å². The fourth-order valence-corrected chi connectivity index (χ4v) is 4.63. The van der Waals surface area contributed by atoms with Crippen LogP contribution in [0.1, 0.15) is 6.92 Å². The van der Waals surface area contributed by atoms with Crippen LogP contribution in [0.3, 0.4) is 0 Å². The van der Waals surface area contributed by atoms with Crippen LogP contribution in [-0.2, 0) is 10.0 Å². The van der Waals surface area contributed by atoms with Crippen LogP contribution in [0.25, 0.3) is 0 Å². The second kappa shape index (κ2) is 7.35. The molecular formula is C12H17Cl3N2O3S. The van der Waals surface area contributed by atoms with Gasteiger partial charge in [0.15, 0.2) is 0 Å². The first kappa shape index (κ1) is 18.8. The Kier molecular flexibility index (Phi) is 6.58. The molecule has 1 atom stereocenters. The normalized spacial score (nSPS) is 19.9. The molecule has 1 aliphatic heterocycles. The monoisotopic (exact) mass is 374 g/mol. The van der Waals surface area contributed by atoms with Gasteiger partial charge in [-0.25, -0.2) is 8.42 Å². The van der Waals surface area contributed by atoms with E-state index >= 15 is 0 Å². The summed E-state index contributed by atoms with van der Waals surface area (Å²) in [6.07, 6.45) is 0. The van der Waals surface area contributed by atoms with Gasteiger partial charge in [0.2, 0.25) is 10.0 Å². The van der Waals surface area contributed by atoms with E-state index in [9.17, 15) is 8.42 Å². The second-order valence-electron chi connectivity index (χ2n) is 4.59. The summed E-state index contributed by atoms with van der Waals surface area (Å²) in [6.45, 7) is 3.48. The Morgan fingerprint density at radius 1 is 1.33 bits per heavy atom. The van der Waals surface area contributed by atoms with E-state index in [1.54, 1.807) is 0 Å². The zero-order chi connectivity index (χ0) is 14.9. The first-order valence-electron chi connectivity index (χ1n) is 6.13. The number of nitrogens with one attached hydrogen (secondary N) is 1. The van der Waals surface area contributed by atoms with Crippen LogP contribution in [0.4, 0.5) is 0 Å². The lowest BCUT2D eigenvalue weighted by Crippen LogP contribution is -2.52. The highest BCUT2D eigenvalue weighted by atomic mass is 35.5. The van der Waals surface area contributed by atoms with Gasteiger partial charge in [-0.15, -0.1) is 12.4 Å². The summed E-state index contributed by atoms with van der Waals surface area (Å²) in [5.41, 5.74) is 0. The Balaban J connectivity index is 0.00000220. The number of halogens is 3. The van der Waals surface area contributed by atoms with Gasteiger partial charge in [0.25, 0.3) is 0 Å². The molecule has 1 saturated heterocycles. The van der Waals surface area contributed by atoms with Gasteiger partial charge in [-0.1, -0.05) is 23.2 Å². The zero-order valence-electron chi connectivity index (χ0n) is 11.6. The van der Waals surface area contributed by atoms with Crippen molar-refractivity contribution >= 4 is 45.6 Å². The Morgan fingerprint density at radius 3 is 2.57 bits per heavy atom. The van der Waals surface area contributed by atoms with Crippen molar-refractivity contribution in [2.75, 3.05) is 26.7 Å². The molecule has 0 bridgehead atoms. The summed E-state index contributed by atoms with van der Waals surface area (Å²) in [5, 5.41) is 3.48. The SMILES string of the molecule is COc1cc(Cl)c(S(=O)(=O)N2CCNCC2C)cc1Cl.Cl. The molecule has 1 unspecified atom stereocenters. The predicted octanol–water partition coefficient (Wildman–Crippen LogP) is 2.41. The molecule has 0 amide bonds. The molecular weight excluding hydrogens is 359 g/mol. The predicted molar refractivity (Wildman–Crippen MR) is 86.5 cm³/mol. The highest BCUT2D eigenvalue weighted by molar-refractivity contribution is 7.89. The van der Waals surface area contributed by atoms with Crippen molar-refractivity contribution in [3.63, 3.8) is 0 Å². The van der Waals surface area contributed by atoms with Crippen molar-refractivity contribution < 1.29 is 13.2 Å². The smallest absolute Gasteiger partial charge is 0.244 e. The van der Waals surface area contributed by atoms with Crippen molar-refractivity contribution in [1.82, 2.24) is 9.62 Å². The number of benzene rings is 1. The highest BCUT2D eigenvalue weighted by Gasteiger charge is 2.33. The maximum absolute atomic E-state index is 12.7. The lowest BCUT2D eigenvalue weighted by molar-refractivity contribution is 0.284. The number of nitrogens with zero attached hydrogens (tertiary/aromatic N) is 1. The first-order chi connectivity index (χ1) is 9.37. The lowest BCUT2D eigenvalue weighted by Gasteiger charge is -2.33. The molecule has 1 N–H and O–H groups in total. The number of methoxy groups -OCH3 is 1. The topological polar surface area (TPSA) is 58.6 Å². The van der Waals surface area contributed by atoms with E-state index in [0.717, 1.165) is 0 Å². The van der Waals surface area contributed by atoms with Gasteiger partial charge in [0.1, 0.15) is 10.6 Å². The summed E-state index contributed by atoms with van der Waals surface area (Å²) in [6, 6.07) is 2.63. The summed E-state index contributed by atoms with van der Waals surface area (Å²) >= 11 is 12.1. The second-order valence-corrected chi connectivity index (χ2v) is 7.26. The standard InChI is InChI=1S/C12H16Cl2N2O3S.ClH/c1-8-7-15-3-4-16(8)20(17,18)12-6-9(13)11(19-2)5-10(12)14;/h5-6,8,15H,3-4,7H2,1-2H3;1H. The average molecular weight is 376 g/mol. The fourth-order valence-electron chi connectivity index (χ4n) is 2.17. The molecule has 9 heteroatoms. The van der Waals surface area contributed by atoms with Gasteiger partial charge in [-0.3, -0.25) is 0 Å². The highest BCUT2D eigenvalue weighted by Crippen LogP contribution is 2.35. The molecule has 0 radical (unpaired) electrons. The first-order valence-corrected chi connectivity index (χ1v) is 8.33. The summed E-state index contributed by atoms with van der Waals surface area (Å²) in [4.78, 5) is 0.0127. The van der Waals surface area contributed by atoms with Gasteiger partial charge >= 0.3 is 0 Å². The van der Waals surface area contributed by atoms with Crippen molar-refractivity contribution in [3.05, 3.63) is 22.2 Å². The third kappa shape index (κ3) is 3.75. The molecule has 0 spiro atoms. The molecule has 120 valence electrons. The maximum Gasteiger partial charge on any atom is 0.244 e. The summed E-state index contributed by atoms with van der Waals surface area (Å²) in [7, 11) is -2.22. The number of sulfonamides is 1. The van der Waals surface area contributed by atoms with Crippen LogP contribution in [0.5, 0.6) is 5.75 Å². The number of piperazine rings is 1. The Bertz CT molecular complexity index is 610. The molecule has 5 nitrogen and oxygen atoms in total. The average Bonchev–Trinajstić information content (AvgIpc) is 2.41. The molecule has 1 fully saturated rings. The quantitative estimate of drug-likeness (QED) is 0.881. The van der Waals surface area contributed by atoms with E-state index in [-0.39, 0.29) is 33.4 Å². The van der Waals surface area contributed by atoms with Crippen LogP contribution in [0.2, 0.25) is 10.0 Å². The lowest BCUT2D eigenvalue weighted by atomic mass is 10.3. The Labute approximate surface area is 141 Å². The number of rotatable bonds is 3. The molecule has 1 aromatic carbocycles. The van der Waals surface area contributed by atoms with Crippen molar-refractivity contribution in [1.29, 1.82) is 0 Å². The van der Waals surface area contributed by atoms with Gasteiger partial charge in [0.05, 0.1) is 17.2 Å². The van der Waals surface area contributed by atoms with E-state index in [4.69, 9.17) is 27.9 Å². The number of hydrogen-bond acceptors (Lipinski definition) is 4. The molecule has 21 heavy (non-hydrogen) atoms. The van der Waals surface area contributed by atoms with Crippen molar-refractivity contribution in [2.24, 2.45) is 0 Å². The van der Waals surface area contributed by atoms with E-state index in [1.807, 2.05) is 6.92 Å². The minimum Gasteiger partial charge on any atom is -0.495 e. The van der Waals surface area contributed by atoms with E-state index < -0.39 is 10.0 Å². The number of hydrogen-bond donors (Lipinski definition) is 1. The van der Waals surface area contributed by atoms with E-state index in [0.29, 0.717) is 25.4 Å². The number of ether oxygens (including phenoxy) is 1. The van der Waals surface area contributed by atoms with Crippen LogP contribution < -0.4 is 10.1 Å². The van der Waals surface area contributed by atoms with Gasteiger partial charge in [-0.2, -0.15) is 4.31 Å². The molecule has 0 aliphatic carbocycles. The van der Waals surface area contributed by atoms with E-state index in [1.165, 1.54) is 23.5 Å². The minimum absolute atomic E-state index is 0. The van der Waals surface area contributed by atoms with Crippen LogP contribution in [0.15, 0.2) is 17.0 Å². The fraction of sp³-hybridized carbons (Fsp3) is 0.500. The Hall–Kier alpha value is -0.240. The van der Waals surface area contributed by atoms with Crippen molar-refractivity contribution in [3.8, 4) is 5.75 Å². The summed E-state index contributed by atoms with van der Waals surface area (Å²) in [5.74, 6) is 0.351. The molecule has 2 rings (SSSR count). The Morgan fingerprint density at radius 2 is 2.00 bits per heavy atom. The molecule has 1 heterocycles.